The molecule has 18 heavy (non-hydrogen) atoms. The van der Waals surface area contributed by atoms with Crippen LogP contribution >= 0.6 is 0 Å². The highest BCUT2D eigenvalue weighted by atomic mass is 16.5. The van der Waals surface area contributed by atoms with E-state index >= 15 is 0 Å². The molecular formula is C14H21N3O. The normalized spacial score (nSPS) is 20.3. The molecule has 0 bridgehead atoms. The molecule has 0 unspecified atom stereocenters. The number of fused-ring (bicyclic) bond motifs is 1. The molecule has 1 fully saturated rings. The van der Waals surface area contributed by atoms with Gasteiger partial charge < -0.3 is 10.5 Å². The van der Waals surface area contributed by atoms with Gasteiger partial charge in [-0.05, 0) is 25.3 Å². The van der Waals surface area contributed by atoms with Crippen molar-refractivity contribution in [1.29, 1.82) is 0 Å². The van der Waals surface area contributed by atoms with E-state index in [0.29, 0.717) is 12.6 Å². The molecule has 1 aromatic rings. The second-order valence-corrected chi connectivity index (χ2v) is 5.22. The molecule has 98 valence electrons. The lowest BCUT2D eigenvalue weighted by atomic mass is 9.96. The molecular weight excluding hydrogens is 226 g/mol. The topological polar surface area (TPSA) is 51.4 Å². The van der Waals surface area contributed by atoms with Crippen LogP contribution in [0.5, 0.6) is 5.75 Å². The van der Waals surface area contributed by atoms with Gasteiger partial charge in [0.1, 0.15) is 5.75 Å². The molecule has 0 amide bonds. The molecule has 2 heterocycles. The van der Waals surface area contributed by atoms with Gasteiger partial charge in [-0.1, -0.05) is 0 Å². The van der Waals surface area contributed by atoms with Crippen molar-refractivity contribution in [2.24, 2.45) is 5.73 Å². The number of aromatic nitrogens is 1. The second kappa shape index (κ2) is 5.24. The van der Waals surface area contributed by atoms with Crippen LogP contribution in [0.15, 0.2) is 12.3 Å². The van der Waals surface area contributed by atoms with Crippen molar-refractivity contribution in [1.82, 2.24) is 9.88 Å². The Hall–Kier alpha value is -1.13. The van der Waals surface area contributed by atoms with E-state index in [-0.39, 0.29) is 0 Å². The Morgan fingerprint density at radius 2 is 2.33 bits per heavy atom. The minimum Gasteiger partial charge on any atom is -0.490 e. The highest BCUT2D eigenvalue weighted by Crippen LogP contribution is 2.31. The first-order chi connectivity index (χ1) is 8.86. The van der Waals surface area contributed by atoms with E-state index < -0.39 is 0 Å². The van der Waals surface area contributed by atoms with Crippen molar-refractivity contribution in [3.05, 3.63) is 23.5 Å². The van der Waals surface area contributed by atoms with Crippen LogP contribution in [0.1, 0.15) is 30.5 Å². The summed E-state index contributed by atoms with van der Waals surface area (Å²) < 4.78 is 6.08. The van der Waals surface area contributed by atoms with E-state index in [1.165, 1.54) is 30.5 Å². The van der Waals surface area contributed by atoms with Crippen molar-refractivity contribution < 1.29 is 4.74 Å². The Balaban J connectivity index is 1.78. The van der Waals surface area contributed by atoms with Gasteiger partial charge in [0.05, 0.1) is 6.10 Å². The minimum absolute atomic E-state index is 0.432. The van der Waals surface area contributed by atoms with Crippen molar-refractivity contribution in [3.8, 4) is 5.75 Å². The predicted molar refractivity (Wildman–Crippen MR) is 70.5 cm³/mol. The van der Waals surface area contributed by atoms with Crippen LogP contribution in [0, 0.1) is 0 Å². The summed E-state index contributed by atoms with van der Waals surface area (Å²) >= 11 is 0. The summed E-state index contributed by atoms with van der Waals surface area (Å²) in [5, 5.41) is 0. The number of rotatable bonds is 4. The lowest BCUT2D eigenvalue weighted by Gasteiger charge is -2.32. The van der Waals surface area contributed by atoms with Crippen molar-refractivity contribution in [3.63, 3.8) is 0 Å². The third-order valence-electron chi connectivity index (χ3n) is 3.94. The largest absolute Gasteiger partial charge is 0.490 e. The number of hydrogen-bond donors (Lipinski definition) is 1. The van der Waals surface area contributed by atoms with Gasteiger partial charge in [-0.3, -0.25) is 9.88 Å². The molecule has 3 rings (SSSR count). The zero-order chi connectivity index (χ0) is 12.4. The van der Waals surface area contributed by atoms with Gasteiger partial charge in [0.15, 0.2) is 0 Å². The molecule has 2 N–H and O–H groups in total. The highest BCUT2D eigenvalue weighted by molar-refractivity contribution is 5.37. The summed E-state index contributed by atoms with van der Waals surface area (Å²) in [6.45, 7) is 3.66. The number of ether oxygens (including phenoxy) is 1. The standard InChI is InChI=1S/C14H21N3O/c15-6-9-17-8-5-13-12(10-17)14(4-7-16-13)18-11-2-1-3-11/h4,7,11H,1-3,5-6,8-10,15H2. The van der Waals surface area contributed by atoms with E-state index in [4.69, 9.17) is 10.5 Å². The second-order valence-electron chi connectivity index (χ2n) is 5.22. The highest BCUT2D eigenvalue weighted by Gasteiger charge is 2.24. The van der Waals surface area contributed by atoms with Crippen LogP contribution in [0.25, 0.3) is 0 Å². The Bertz CT molecular complexity index is 418. The van der Waals surface area contributed by atoms with Gasteiger partial charge in [-0.25, -0.2) is 0 Å². The van der Waals surface area contributed by atoms with Crippen LogP contribution < -0.4 is 10.5 Å². The van der Waals surface area contributed by atoms with Crippen LogP contribution in [0.2, 0.25) is 0 Å². The van der Waals surface area contributed by atoms with E-state index in [1.54, 1.807) is 0 Å². The molecule has 4 nitrogen and oxygen atoms in total. The predicted octanol–water partition coefficient (Wildman–Crippen LogP) is 1.33. The Morgan fingerprint density at radius 3 is 3.06 bits per heavy atom. The van der Waals surface area contributed by atoms with Crippen molar-refractivity contribution in [2.75, 3.05) is 19.6 Å². The number of pyridine rings is 1. The molecule has 0 radical (unpaired) electrons. The minimum atomic E-state index is 0.432. The zero-order valence-electron chi connectivity index (χ0n) is 10.8. The van der Waals surface area contributed by atoms with E-state index in [9.17, 15) is 0 Å². The fourth-order valence-electron chi connectivity index (χ4n) is 2.62. The smallest absolute Gasteiger partial charge is 0.127 e. The van der Waals surface area contributed by atoms with Gasteiger partial charge in [-0.2, -0.15) is 0 Å². The first-order valence-electron chi connectivity index (χ1n) is 6.92. The first-order valence-corrected chi connectivity index (χ1v) is 6.92. The summed E-state index contributed by atoms with van der Waals surface area (Å²) in [5.74, 6) is 1.05. The van der Waals surface area contributed by atoms with Gasteiger partial charge in [0, 0.05) is 50.1 Å². The average molecular weight is 247 g/mol. The molecule has 1 aliphatic heterocycles. The summed E-state index contributed by atoms with van der Waals surface area (Å²) in [6.07, 6.45) is 7.02. The molecule has 0 spiro atoms. The molecule has 2 aliphatic rings. The lowest BCUT2D eigenvalue weighted by Crippen LogP contribution is -2.35. The van der Waals surface area contributed by atoms with Gasteiger partial charge in [0.2, 0.25) is 0 Å². The van der Waals surface area contributed by atoms with Crippen LogP contribution in [0.3, 0.4) is 0 Å². The molecule has 0 saturated heterocycles. The number of nitrogens with zero attached hydrogens (tertiary/aromatic N) is 2. The first kappa shape index (κ1) is 11.9. The maximum absolute atomic E-state index is 6.08. The van der Waals surface area contributed by atoms with E-state index in [2.05, 4.69) is 9.88 Å². The summed E-state index contributed by atoms with van der Waals surface area (Å²) in [6, 6.07) is 2.02. The maximum Gasteiger partial charge on any atom is 0.127 e. The molecule has 1 saturated carbocycles. The zero-order valence-corrected chi connectivity index (χ0v) is 10.8. The van der Waals surface area contributed by atoms with E-state index in [0.717, 1.165) is 31.8 Å². The monoisotopic (exact) mass is 247 g/mol. The fourth-order valence-corrected chi connectivity index (χ4v) is 2.62. The summed E-state index contributed by atoms with van der Waals surface area (Å²) in [4.78, 5) is 6.87. The van der Waals surface area contributed by atoms with Crippen LogP contribution in [-0.2, 0) is 13.0 Å². The number of nitrogens with two attached hydrogens (primary N) is 1. The maximum atomic E-state index is 6.08. The van der Waals surface area contributed by atoms with Gasteiger partial charge >= 0.3 is 0 Å². The summed E-state index contributed by atoms with van der Waals surface area (Å²) in [7, 11) is 0. The SMILES string of the molecule is NCCN1CCc2nccc(OC3CCC3)c2C1. The molecule has 1 aromatic heterocycles. The molecule has 0 aromatic carbocycles. The van der Waals surface area contributed by atoms with Crippen molar-refractivity contribution >= 4 is 0 Å². The Kier molecular flexibility index (Phi) is 3.48. The van der Waals surface area contributed by atoms with Gasteiger partial charge in [0.25, 0.3) is 0 Å². The van der Waals surface area contributed by atoms with Crippen LogP contribution in [0.4, 0.5) is 0 Å². The quantitative estimate of drug-likeness (QED) is 0.872. The van der Waals surface area contributed by atoms with Crippen LogP contribution in [-0.4, -0.2) is 35.6 Å². The van der Waals surface area contributed by atoms with Gasteiger partial charge in [-0.15, -0.1) is 0 Å². The molecule has 1 aliphatic carbocycles. The fraction of sp³-hybridized carbons (Fsp3) is 0.643. The third-order valence-corrected chi connectivity index (χ3v) is 3.94. The van der Waals surface area contributed by atoms with Crippen molar-refractivity contribution in [2.45, 2.75) is 38.3 Å². The molecule has 0 atom stereocenters. The Labute approximate surface area is 108 Å². The Morgan fingerprint density at radius 1 is 1.44 bits per heavy atom. The third kappa shape index (κ3) is 2.35. The lowest BCUT2D eigenvalue weighted by molar-refractivity contribution is 0.116. The summed E-state index contributed by atoms with van der Waals surface area (Å²) in [5.41, 5.74) is 8.13. The molecule has 4 heteroatoms. The number of hydrogen-bond acceptors (Lipinski definition) is 4. The van der Waals surface area contributed by atoms with E-state index in [1.807, 2.05) is 12.3 Å². The average Bonchev–Trinajstić information content (AvgIpc) is 2.34.